The van der Waals surface area contributed by atoms with E-state index in [2.05, 4.69) is 18.7 Å². The molecule has 0 amide bonds. The highest BCUT2D eigenvalue weighted by Gasteiger charge is 2.36. The summed E-state index contributed by atoms with van der Waals surface area (Å²) in [7, 11) is 0. The molecule has 2 N–H and O–H groups in total. The van der Waals surface area contributed by atoms with Crippen LogP contribution in [0.5, 0.6) is 5.75 Å². The fourth-order valence-electron chi connectivity index (χ4n) is 2.79. The summed E-state index contributed by atoms with van der Waals surface area (Å²) in [6.45, 7) is 7.08. The lowest BCUT2D eigenvalue weighted by Crippen LogP contribution is -2.50. The fourth-order valence-corrected chi connectivity index (χ4v) is 2.95. The largest absolute Gasteiger partial charge is 0.483 e. The molecule has 1 aliphatic heterocycles. The molecule has 1 aromatic carbocycles. The zero-order valence-corrected chi connectivity index (χ0v) is 13.2. The number of fused-ring (bicyclic) bond motifs is 1. The minimum absolute atomic E-state index is 0.0798. The van der Waals surface area contributed by atoms with Gasteiger partial charge in [0.05, 0.1) is 12.2 Å². The Bertz CT molecular complexity index is 446. The monoisotopic (exact) mass is 296 g/mol. The molecule has 112 valence electrons. The van der Waals surface area contributed by atoms with Crippen molar-refractivity contribution < 1.29 is 4.74 Å². The SMILES string of the molecule is CCC1(CC)CN(CCCCN)c2cc(Cl)ccc2O1. The smallest absolute Gasteiger partial charge is 0.143 e. The predicted molar refractivity (Wildman–Crippen MR) is 85.9 cm³/mol. The molecule has 4 heteroatoms. The quantitative estimate of drug-likeness (QED) is 0.811. The number of hydrogen-bond acceptors (Lipinski definition) is 3. The van der Waals surface area contributed by atoms with Gasteiger partial charge < -0.3 is 15.4 Å². The van der Waals surface area contributed by atoms with E-state index in [0.29, 0.717) is 0 Å². The molecule has 1 heterocycles. The number of halogens is 1. The van der Waals surface area contributed by atoms with Crippen molar-refractivity contribution in [3.05, 3.63) is 23.2 Å². The highest BCUT2D eigenvalue weighted by atomic mass is 35.5. The van der Waals surface area contributed by atoms with Gasteiger partial charge in [-0.25, -0.2) is 0 Å². The van der Waals surface area contributed by atoms with E-state index >= 15 is 0 Å². The van der Waals surface area contributed by atoms with Crippen molar-refractivity contribution in [2.24, 2.45) is 5.73 Å². The van der Waals surface area contributed by atoms with E-state index in [-0.39, 0.29) is 5.60 Å². The van der Waals surface area contributed by atoms with Crippen molar-refractivity contribution in [1.82, 2.24) is 0 Å². The van der Waals surface area contributed by atoms with Crippen LogP contribution in [0.4, 0.5) is 5.69 Å². The molecule has 0 saturated carbocycles. The Morgan fingerprint density at radius 3 is 2.70 bits per heavy atom. The number of ether oxygens (including phenoxy) is 1. The van der Waals surface area contributed by atoms with Gasteiger partial charge in [0, 0.05) is 11.6 Å². The average molecular weight is 297 g/mol. The molecule has 0 spiro atoms. The summed E-state index contributed by atoms with van der Waals surface area (Å²) in [5, 5.41) is 0.761. The summed E-state index contributed by atoms with van der Waals surface area (Å²) in [5.74, 6) is 0.956. The Kier molecular flexibility index (Phi) is 5.17. The number of anilines is 1. The van der Waals surface area contributed by atoms with Gasteiger partial charge in [0.25, 0.3) is 0 Å². The van der Waals surface area contributed by atoms with Crippen LogP contribution >= 0.6 is 11.6 Å². The van der Waals surface area contributed by atoms with Gasteiger partial charge in [-0.2, -0.15) is 0 Å². The first-order valence-electron chi connectivity index (χ1n) is 7.57. The highest BCUT2D eigenvalue weighted by molar-refractivity contribution is 6.30. The van der Waals surface area contributed by atoms with E-state index < -0.39 is 0 Å². The fraction of sp³-hybridized carbons (Fsp3) is 0.625. The van der Waals surface area contributed by atoms with Crippen LogP contribution in [0.3, 0.4) is 0 Å². The summed E-state index contributed by atoms with van der Waals surface area (Å²) >= 11 is 6.14. The van der Waals surface area contributed by atoms with Crippen LogP contribution in [0.2, 0.25) is 5.02 Å². The van der Waals surface area contributed by atoms with E-state index in [9.17, 15) is 0 Å². The Morgan fingerprint density at radius 2 is 2.05 bits per heavy atom. The maximum absolute atomic E-state index is 6.28. The second-order valence-electron chi connectivity index (χ2n) is 5.52. The molecular weight excluding hydrogens is 272 g/mol. The molecular formula is C16H25ClN2O. The van der Waals surface area contributed by atoms with Gasteiger partial charge in [-0.15, -0.1) is 0 Å². The molecule has 0 aromatic heterocycles. The average Bonchev–Trinajstić information content (AvgIpc) is 2.47. The molecule has 0 aliphatic carbocycles. The number of nitrogens with two attached hydrogens (primary N) is 1. The first kappa shape index (κ1) is 15.5. The number of benzene rings is 1. The second-order valence-corrected chi connectivity index (χ2v) is 5.96. The lowest BCUT2D eigenvalue weighted by atomic mass is 9.93. The number of nitrogens with zero attached hydrogens (tertiary/aromatic N) is 1. The van der Waals surface area contributed by atoms with Gasteiger partial charge in [-0.05, 0) is 50.4 Å². The predicted octanol–water partition coefficient (Wildman–Crippen LogP) is 3.84. The van der Waals surface area contributed by atoms with E-state index in [1.807, 2.05) is 18.2 Å². The molecule has 1 aliphatic rings. The lowest BCUT2D eigenvalue weighted by molar-refractivity contribution is 0.0574. The Balaban J connectivity index is 2.26. The van der Waals surface area contributed by atoms with Crippen LogP contribution in [-0.4, -0.2) is 25.2 Å². The van der Waals surface area contributed by atoms with E-state index in [1.165, 1.54) is 0 Å². The third kappa shape index (κ3) is 3.21. The van der Waals surface area contributed by atoms with Crippen molar-refractivity contribution in [3.63, 3.8) is 0 Å². The first-order valence-corrected chi connectivity index (χ1v) is 7.95. The summed E-state index contributed by atoms with van der Waals surface area (Å²) < 4.78 is 6.28. The topological polar surface area (TPSA) is 38.5 Å². The maximum atomic E-state index is 6.28. The molecule has 0 atom stereocenters. The van der Waals surface area contributed by atoms with Crippen LogP contribution in [0.15, 0.2) is 18.2 Å². The molecule has 20 heavy (non-hydrogen) atoms. The Labute approximate surface area is 127 Å². The molecule has 0 unspecified atom stereocenters. The van der Waals surface area contributed by atoms with Crippen molar-refractivity contribution in [1.29, 1.82) is 0 Å². The third-order valence-electron chi connectivity index (χ3n) is 4.24. The molecule has 1 aromatic rings. The van der Waals surface area contributed by atoms with Gasteiger partial charge in [-0.1, -0.05) is 25.4 Å². The number of unbranched alkanes of at least 4 members (excludes halogenated alkanes) is 1. The lowest BCUT2D eigenvalue weighted by Gasteiger charge is -2.44. The van der Waals surface area contributed by atoms with Gasteiger partial charge in [-0.3, -0.25) is 0 Å². The minimum atomic E-state index is -0.0798. The van der Waals surface area contributed by atoms with E-state index in [1.54, 1.807) is 0 Å². The van der Waals surface area contributed by atoms with Gasteiger partial charge in [0.15, 0.2) is 0 Å². The van der Waals surface area contributed by atoms with Crippen molar-refractivity contribution in [2.45, 2.75) is 45.1 Å². The Morgan fingerprint density at radius 1 is 1.30 bits per heavy atom. The second kappa shape index (κ2) is 6.68. The maximum Gasteiger partial charge on any atom is 0.143 e. The summed E-state index contributed by atoms with van der Waals surface area (Å²) in [6, 6.07) is 5.90. The van der Waals surface area contributed by atoms with Crippen LogP contribution in [-0.2, 0) is 0 Å². The van der Waals surface area contributed by atoms with Crippen molar-refractivity contribution in [2.75, 3.05) is 24.5 Å². The molecule has 3 nitrogen and oxygen atoms in total. The van der Waals surface area contributed by atoms with E-state index in [0.717, 1.165) is 61.8 Å². The summed E-state index contributed by atoms with van der Waals surface area (Å²) in [4.78, 5) is 2.41. The highest BCUT2D eigenvalue weighted by Crippen LogP contribution is 2.41. The Hall–Kier alpha value is -0.930. The zero-order valence-electron chi connectivity index (χ0n) is 12.5. The first-order chi connectivity index (χ1) is 9.64. The van der Waals surface area contributed by atoms with Crippen molar-refractivity contribution in [3.8, 4) is 5.75 Å². The summed E-state index contributed by atoms with van der Waals surface area (Å²) in [6.07, 6.45) is 4.18. The molecule has 2 rings (SSSR count). The summed E-state index contributed by atoms with van der Waals surface area (Å²) in [5.41, 5.74) is 6.64. The van der Waals surface area contributed by atoms with Gasteiger partial charge in [0.1, 0.15) is 11.4 Å². The van der Waals surface area contributed by atoms with Crippen LogP contribution < -0.4 is 15.4 Å². The van der Waals surface area contributed by atoms with Crippen LogP contribution in [0.25, 0.3) is 0 Å². The van der Waals surface area contributed by atoms with Crippen LogP contribution in [0, 0.1) is 0 Å². The normalized spacial score (nSPS) is 16.7. The molecule has 0 saturated heterocycles. The molecule has 0 radical (unpaired) electrons. The molecule has 0 fully saturated rings. The molecule has 0 bridgehead atoms. The zero-order chi connectivity index (χ0) is 14.6. The van der Waals surface area contributed by atoms with E-state index in [4.69, 9.17) is 22.1 Å². The van der Waals surface area contributed by atoms with Gasteiger partial charge >= 0.3 is 0 Å². The third-order valence-corrected chi connectivity index (χ3v) is 4.47. The standard InChI is InChI=1S/C16H25ClN2O/c1-3-16(4-2)12-19(10-6-5-9-18)14-11-13(17)7-8-15(14)20-16/h7-8,11H,3-6,9-10,12,18H2,1-2H3. The minimum Gasteiger partial charge on any atom is -0.483 e. The van der Waals surface area contributed by atoms with Crippen LogP contribution in [0.1, 0.15) is 39.5 Å². The number of rotatable bonds is 6. The van der Waals surface area contributed by atoms with Crippen molar-refractivity contribution >= 4 is 17.3 Å². The number of hydrogen-bond donors (Lipinski definition) is 1. The van der Waals surface area contributed by atoms with Gasteiger partial charge in [0.2, 0.25) is 0 Å².